The van der Waals surface area contributed by atoms with Crippen molar-refractivity contribution in [3.05, 3.63) is 48.3 Å². The molecular formula is C13H8F3N3. The summed E-state index contributed by atoms with van der Waals surface area (Å²) in [6.07, 6.45) is -2.38. The van der Waals surface area contributed by atoms with Gasteiger partial charge in [-0.05, 0) is 24.3 Å². The molecule has 6 heteroatoms. The molecule has 0 saturated carbocycles. The maximum atomic E-state index is 12.6. The summed E-state index contributed by atoms with van der Waals surface area (Å²) in [5.41, 5.74) is -0.0716. The Kier molecular flexibility index (Phi) is 3.13. The summed E-state index contributed by atoms with van der Waals surface area (Å²) in [5.74, 6) is 0.131. The van der Waals surface area contributed by atoms with Gasteiger partial charge in [0.1, 0.15) is 5.82 Å². The van der Waals surface area contributed by atoms with Crippen LogP contribution in [0.5, 0.6) is 0 Å². The molecule has 0 spiro atoms. The molecule has 0 aliphatic heterocycles. The van der Waals surface area contributed by atoms with Gasteiger partial charge < -0.3 is 4.57 Å². The van der Waals surface area contributed by atoms with Crippen LogP contribution in [0.2, 0.25) is 0 Å². The number of aromatic nitrogens is 2. The summed E-state index contributed by atoms with van der Waals surface area (Å²) in [6, 6.07) is 8.06. The largest absolute Gasteiger partial charge is 0.434 e. The first-order valence-electron chi connectivity index (χ1n) is 5.25. The van der Waals surface area contributed by atoms with Crippen LogP contribution in [0.3, 0.4) is 0 Å². The predicted molar refractivity (Wildman–Crippen MR) is 63.8 cm³/mol. The summed E-state index contributed by atoms with van der Waals surface area (Å²) >= 11 is 0. The van der Waals surface area contributed by atoms with E-state index in [0.29, 0.717) is 11.1 Å². The molecule has 0 aliphatic carbocycles. The van der Waals surface area contributed by atoms with Crippen molar-refractivity contribution >= 4 is 6.20 Å². The normalized spacial score (nSPS) is 11.1. The van der Waals surface area contributed by atoms with Crippen molar-refractivity contribution in [2.75, 3.05) is 0 Å². The van der Waals surface area contributed by atoms with E-state index in [4.69, 9.17) is 5.26 Å². The molecule has 0 amide bonds. The second-order valence-corrected chi connectivity index (χ2v) is 3.73. The van der Waals surface area contributed by atoms with Gasteiger partial charge in [-0.3, -0.25) is 0 Å². The van der Waals surface area contributed by atoms with E-state index in [0.717, 1.165) is 6.20 Å². The fourth-order valence-corrected chi connectivity index (χ4v) is 1.58. The lowest BCUT2D eigenvalue weighted by atomic mass is 10.1. The number of alkyl halides is 3. The highest BCUT2D eigenvalue weighted by atomic mass is 19.4. The van der Waals surface area contributed by atoms with Crippen molar-refractivity contribution in [3.63, 3.8) is 0 Å². The van der Waals surface area contributed by atoms with Crippen LogP contribution < -0.4 is 0 Å². The molecule has 19 heavy (non-hydrogen) atoms. The van der Waals surface area contributed by atoms with Crippen molar-refractivity contribution in [3.8, 4) is 17.5 Å². The van der Waals surface area contributed by atoms with Crippen molar-refractivity contribution in [2.24, 2.45) is 0 Å². The van der Waals surface area contributed by atoms with Crippen LogP contribution in [0.25, 0.3) is 17.6 Å². The van der Waals surface area contributed by atoms with Gasteiger partial charge in [0.05, 0.1) is 11.6 Å². The maximum absolute atomic E-state index is 12.6. The zero-order valence-corrected chi connectivity index (χ0v) is 9.65. The van der Waals surface area contributed by atoms with E-state index in [2.05, 4.69) is 11.6 Å². The molecule has 0 unspecified atom stereocenters. The highest BCUT2D eigenvalue weighted by molar-refractivity contribution is 5.60. The van der Waals surface area contributed by atoms with Gasteiger partial charge in [0.2, 0.25) is 0 Å². The SMILES string of the molecule is C=Cn1cc(C(F)(F)F)nc1-c1ccc(C#N)cc1. The maximum Gasteiger partial charge on any atom is 0.434 e. The van der Waals surface area contributed by atoms with Crippen molar-refractivity contribution in [2.45, 2.75) is 6.18 Å². The van der Waals surface area contributed by atoms with Gasteiger partial charge in [-0.2, -0.15) is 18.4 Å². The minimum Gasteiger partial charge on any atom is -0.307 e. The van der Waals surface area contributed by atoms with Crippen LogP contribution in [0.15, 0.2) is 37.0 Å². The molecule has 2 rings (SSSR count). The highest BCUT2D eigenvalue weighted by Crippen LogP contribution is 2.31. The Morgan fingerprint density at radius 2 is 1.89 bits per heavy atom. The van der Waals surface area contributed by atoms with E-state index < -0.39 is 11.9 Å². The monoisotopic (exact) mass is 263 g/mol. The topological polar surface area (TPSA) is 41.6 Å². The van der Waals surface area contributed by atoms with Crippen LogP contribution in [0.4, 0.5) is 13.2 Å². The highest BCUT2D eigenvalue weighted by Gasteiger charge is 2.34. The Morgan fingerprint density at radius 3 is 2.37 bits per heavy atom. The predicted octanol–water partition coefficient (Wildman–Crippen LogP) is 3.54. The molecule has 0 aliphatic rings. The number of imidazole rings is 1. The zero-order chi connectivity index (χ0) is 14.0. The molecule has 1 aromatic carbocycles. The second-order valence-electron chi connectivity index (χ2n) is 3.73. The summed E-state index contributed by atoms with van der Waals surface area (Å²) in [6.45, 7) is 3.45. The fourth-order valence-electron chi connectivity index (χ4n) is 1.58. The van der Waals surface area contributed by atoms with E-state index >= 15 is 0 Å². The first kappa shape index (κ1) is 12.9. The molecule has 0 bridgehead atoms. The molecule has 2 aromatic rings. The molecule has 0 N–H and O–H groups in total. The van der Waals surface area contributed by atoms with Crippen LogP contribution in [0.1, 0.15) is 11.3 Å². The molecule has 0 fully saturated rings. The smallest absolute Gasteiger partial charge is 0.307 e. The van der Waals surface area contributed by atoms with Gasteiger partial charge in [0, 0.05) is 18.0 Å². The number of nitriles is 1. The molecule has 0 atom stereocenters. The minimum absolute atomic E-state index is 0.131. The molecule has 1 heterocycles. The first-order chi connectivity index (χ1) is 8.95. The van der Waals surface area contributed by atoms with Crippen molar-refractivity contribution < 1.29 is 13.2 Å². The molecule has 0 radical (unpaired) electrons. The van der Waals surface area contributed by atoms with Crippen LogP contribution >= 0.6 is 0 Å². The number of halogens is 3. The second kappa shape index (κ2) is 4.61. The molecule has 3 nitrogen and oxygen atoms in total. The minimum atomic E-state index is -4.50. The Morgan fingerprint density at radius 1 is 1.26 bits per heavy atom. The van der Waals surface area contributed by atoms with E-state index in [1.54, 1.807) is 12.1 Å². The van der Waals surface area contributed by atoms with Gasteiger partial charge in [0.15, 0.2) is 5.69 Å². The lowest BCUT2D eigenvalue weighted by Gasteiger charge is -2.01. The first-order valence-corrected chi connectivity index (χ1v) is 5.25. The third-order valence-electron chi connectivity index (χ3n) is 2.49. The van der Waals surface area contributed by atoms with Crippen LogP contribution in [-0.4, -0.2) is 9.55 Å². The number of hydrogen-bond acceptors (Lipinski definition) is 2. The summed E-state index contributed by atoms with van der Waals surface area (Å²) in [5, 5.41) is 8.67. The molecule has 0 saturated heterocycles. The summed E-state index contributed by atoms with van der Waals surface area (Å²) in [7, 11) is 0. The number of rotatable bonds is 2. The zero-order valence-electron chi connectivity index (χ0n) is 9.65. The average molecular weight is 263 g/mol. The van der Waals surface area contributed by atoms with Crippen LogP contribution in [0, 0.1) is 11.3 Å². The Hall–Kier alpha value is -2.55. The third-order valence-corrected chi connectivity index (χ3v) is 2.49. The summed E-state index contributed by atoms with van der Waals surface area (Å²) < 4.78 is 39.0. The molecular weight excluding hydrogens is 255 g/mol. The van der Waals surface area contributed by atoms with Crippen LogP contribution in [-0.2, 0) is 6.18 Å². The van der Waals surface area contributed by atoms with Gasteiger partial charge in [-0.1, -0.05) is 6.58 Å². The quantitative estimate of drug-likeness (QED) is 0.831. The average Bonchev–Trinajstić information content (AvgIpc) is 2.83. The third kappa shape index (κ3) is 2.50. The Labute approximate surface area is 107 Å². The van der Waals surface area contributed by atoms with E-state index in [1.807, 2.05) is 6.07 Å². The number of benzene rings is 1. The lowest BCUT2D eigenvalue weighted by molar-refractivity contribution is -0.140. The van der Waals surface area contributed by atoms with Gasteiger partial charge >= 0.3 is 6.18 Å². The van der Waals surface area contributed by atoms with Gasteiger partial charge in [-0.15, -0.1) is 0 Å². The van der Waals surface area contributed by atoms with E-state index in [9.17, 15) is 13.2 Å². The van der Waals surface area contributed by atoms with Crippen molar-refractivity contribution in [1.82, 2.24) is 9.55 Å². The fraction of sp³-hybridized carbons (Fsp3) is 0.0769. The molecule has 1 aromatic heterocycles. The summed E-state index contributed by atoms with van der Waals surface area (Å²) in [4.78, 5) is 3.56. The van der Waals surface area contributed by atoms with E-state index in [1.165, 1.54) is 22.9 Å². The Bertz CT molecular complexity index is 645. The Balaban J connectivity index is 2.52. The van der Waals surface area contributed by atoms with Crippen molar-refractivity contribution in [1.29, 1.82) is 5.26 Å². The lowest BCUT2D eigenvalue weighted by Crippen LogP contribution is -2.04. The number of hydrogen-bond donors (Lipinski definition) is 0. The van der Waals surface area contributed by atoms with Gasteiger partial charge in [-0.25, -0.2) is 4.98 Å². The number of nitrogens with zero attached hydrogens (tertiary/aromatic N) is 3. The van der Waals surface area contributed by atoms with Gasteiger partial charge in [0.25, 0.3) is 0 Å². The van der Waals surface area contributed by atoms with E-state index in [-0.39, 0.29) is 5.82 Å². The standard InChI is InChI=1S/C13H8F3N3/c1-2-19-8-11(13(14,15)16)18-12(19)10-5-3-9(7-17)4-6-10/h2-6,8H,1H2. The molecule has 96 valence electrons.